The van der Waals surface area contributed by atoms with Crippen molar-refractivity contribution in [3.05, 3.63) is 16.4 Å². The molecule has 6 rings (SSSR count). The van der Waals surface area contributed by atoms with E-state index in [4.69, 9.17) is 0 Å². The van der Waals surface area contributed by atoms with Gasteiger partial charge in [-0.2, -0.15) is 5.10 Å². The van der Waals surface area contributed by atoms with Crippen molar-refractivity contribution in [2.24, 2.45) is 24.8 Å². The molecule has 136 valence electrons. The molecule has 0 radical (unpaired) electrons. The molecule has 1 aromatic rings. The highest BCUT2D eigenvalue weighted by molar-refractivity contribution is 9.10. The number of amides is 1. The Kier molecular flexibility index (Phi) is 3.79. The molecule has 0 spiro atoms. The Morgan fingerprint density at radius 2 is 1.72 bits per heavy atom. The van der Waals surface area contributed by atoms with Gasteiger partial charge >= 0.3 is 0 Å². The molecule has 1 saturated heterocycles. The fourth-order valence-corrected chi connectivity index (χ4v) is 7.37. The molecule has 25 heavy (non-hydrogen) atoms. The number of nitrogens with one attached hydrogen (secondary N) is 1. The maximum Gasteiger partial charge on any atom is 0.273 e. The third kappa shape index (κ3) is 2.59. The first-order valence-corrected chi connectivity index (χ1v) is 10.7. The fraction of sp³-hybridized carbons (Fsp3) is 0.789. The molecule has 4 saturated carbocycles. The Morgan fingerprint density at radius 1 is 1.16 bits per heavy atom. The molecule has 5 fully saturated rings. The summed E-state index contributed by atoms with van der Waals surface area (Å²) in [6.07, 6.45) is 10.6. The molecular weight excluding hydrogens is 380 g/mol. The predicted molar refractivity (Wildman–Crippen MR) is 98.4 cm³/mol. The van der Waals surface area contributed by atoms with Crippen molar-refractivity contribution >= 4 is 21.8 Å². The molecule has 5 nitrogen and oxygen atoms in total. The fourth-order valence-electron chi connectivity index (χ4n) is 6.85. The molecule has 2 heterocycles. The van der Waals surface area contributed by atoms with Crippen molar-refractivity contribution < 1.29 is 9.69 Å². The number of hydrogen-bond donors (Lipinski definition) is 1. The number of halogens is 1. The molecule has 4 aliphatic carbocycles. The first-order chi connectivity index (χ1) is 12.0. The van der Waals surface area contributed by atoms with Crippen LogP contribution in [0.25, 0.3) is 0 Å². The van der Waals surface area contributed by atoms with Crippen LogP contribution in [0.2, 0.25) is 0 Å². The smallest absolute Gasteiger partial charge is 0.273 e. The van der Waals surface area contributed by atoms with Crippen molar-refractivity contribution in [2.75, 3.05) is 26.2 Å². The molecule has 4 bridgehead atoms. The Hall–Kier alpha value is -0.880. The van der Waals surface area contributed by atoms with Gasteiger partial charge in [-0.25, -0.2) is 0 Å². The van der Waals surface area contributed by atoms with Crippen LogP contribution in [0.3, 0.4) is 0 Å². The number of hydrogen-bond acceptors (Lipinski definition) is 2. The van der Waals surface area contributed by atoms with Crippen LogP contribution in [0.1, 0.15) is 49.0 Å². The Balaban J connectivity index is 1.28. The van der Waals surface area contributed by atoms with Crippen LogP contribution >= 0.6 is 15.9 Å². The lowest BCUT2D eigenvalue weighted by atomic mass is 9.52. The van der Waals surface area contributed by atoms with Gasteiger partial charge in [-0.05, 0) is 52.9 Å². The third-order valence-electron chi connectivity index (χ3n) is 7.54. The van der Waals surface area contributed by atoms with E-state index >= 15 is 0 Å². The van der Waals surface area contributed by atoms with E-state index in [0.717, 1.165) is 48.4 Å². The lowest BCUT2D eigenvalue weighted by Crippen LogP contribution is -3.23. The summed E-state index contributed by atoms with van der Waals surface area (Å²) in [5.41, 5.74) is 1.23. The van der Waals surface area contributed by atoms with E-state index in [1.807, 2.05) is 11.9 Å². The molecule has 6 heteroatoms. The number of piperazine rings is 1. The van der Waals surface area contributed by atoms with Crippen molar-refractivity contribution in [1.82, 2.24) is 14.7 Å². The first-order valence-electron chi connectivity index (χ1n) is 9.86. The normalized spacial score (nSPS) is 37.7. The summed E-state index contributed by atoms with van der Waals surface area (Å²) in [6.45, 7) is 4.00. The number of carbonyl (C=O) groups excluding carboxylic acids is 1. The summed E-state index contributed by atoms with van der Waals surface area (Å²) in [5, 5.41) is 4.19. The maximum atomic E-state index is 12.9. The third-order valence-corrected chi connectivity index (χ3v) is 8.12. The summed E-state index contributed by atoms with van der Waals surface area (Å²) in [4.78, 5) is 16.7. The zero-order valence-corrected chi connectivity index (χ0v) is 16.6. The van der Waals surface area contributed by atoms with Gasteiger partial charge in [0.25, 0.3) is 5.91 Å². The zero-order chi connectivity index (χ0) is 17.2. The van der Waals surface area contributed by atoms with Crippen LogP contribution < -0.4 is 4.90 Å². The first kappa shape index (κ1) is 16.3. The highest BCUT2D eigenvalue weighted by Gasteiger charge is 2.56. The topological polar surface area (TPSA) is 42.6 Å². The van der Waals surface area contributed by atoms with Crippen molar-refractivity contribution in [1.29, 1.82) is 0 Å². The van der Waals surface area contributed by atoms with E-state index in [-0.39, 0.29) is 5.91 Å². The van der Waals surface area contributed by atoms with Gasteiger partial charge < -0.3 is 9.80 Å². The number of aryl methyl sites for hydroxylation is 1. The van der Waals surface area contributed by atoms with Crippen LogP contribution in [-0.2, 0) is 7.05 Å². The zero-order valence-electron chi connectivity index (χ0n) is 15.0. The van der Waals surface area contributed by atoms with Crippen LogP contribution in [0.5, 0.6) is 0 Å². The van der Waals surface area contributed by atoms with Gasteiger partial charge in [0.2, 0.25) is 0 Å². The molecule has 1 amide bonds. The van der Waals surface area contributed by atoms with Gasteiger partial charge in [0, 0.05) is 26.3 Å². The van der Waals surface area contributed by atoms with E-state index in [2.05, 4.69) is 21.0 Å². The van der Waals surface area contributed by atoms with Gasteiger partial charge in [-0.3, -0.25) is 9.48 Å². The maximum absolute atomic E-state index is 12.9. The quantitative estimate of drug-likeness (QED) is 0.806. The number of carbonyl (C=O) groups is 1. The average Bonchev–Trinajstić information content (AvgIpc) is 2.92. The van der Waals surface area contributed by atoms with E-state index in [1.54, 1.807) is 15.8 Å². The van der Waals surface area contributed by atoms with Crippen LogP contribution in [-0.4, -0.2) is 52.3 Å². The van der Waals surface area contributed by atoms with Crippen molar-refractivity contribution in [2.45, 2.75) is 44.1 Å². The summed E-state index contributed by atoms with van der Waals surface area (Å²) < 4.78 is 2.49. The Labute approximate surface area is 157 Å². The average molecular weight is 408 g/mol. The van der Waals surface area contributed by atoms with Gasteiger partial charge in [0.1, 0.15) is 5.69 Å². The number of nitrogens with zero attached hydrogens (tertiary/aromatic N) is 3. The molecule has 1 aromatic heterocycles. The Morgan fingerprint density at radius 3 is 2.20 bits per heavy atom. The van der Waals surface area contributed by atoms with Crippen LogP contribution in [0, 0.1) is 17.8 Å². The summed E-state index contributed by atoms with van der Waals surface area (Å²) in [6, 6.07) is 0. The lowest BCUT2D eigenvalue weighted by Gasteiger charge is -2.59. The van der Waals surface area contributed by atoms with Crippen molar-refractivity contribution in [3.63, 3.8) is 0 Å². The number of quaternary nitrogens is 1. The standard InChI is InChI=1S/C19H27BrN4O/c1-22-17(16(20)12-21-22)18(25)23-2-4-24(5-3-23)19-9-13-6-14(10-19)8-15(7-13)11-19/h12-15H,2-11H2,1H3/p+1. The largest absolute Gasteiger partial charge is 0.327 e. The summed E-state index contributed by atoms with van der Waals surface area (Å²) in [7, 11) is 1.84. The molecule has 0 unspecified atom stereocenters. The van der Waals surface area contributed by atoms with Crippen LogP contribution in [0.15, 0.2) is 10.7 Å². The summed E-state index contributed by atoms with van der Waals surface area (Å²) in [5.74, 6) is 3.13. The van der Waals surface area contributed by atoms with Gasteiger partial charge in [0.15, 0.2) is 0 Å². The van der Waals surface area contributed by atoms with E-state index < -0.39 is 0 Å². The highest BCUT2D eigenvalue weighted by atomic mass is 79.9. The van der Waals surface area contributed by atoms with E-state index in [0.29, 0.717) is 11.2 Å². The molecule has 0 atom stereocenters. The van der Waals surface area contributed by atoms with Crippen molar-refractivity contribution in [3.8, 4) is 0 Å². The lowest BCUT2D eigenvalue weighted by molar-refractivity contribution is -0.962. The SMILES string of the molecule is Cn1ncc(Br)c1C(=O)N1CC[NH+](C23CC4CC(CC(C4)C2)C3)CC1. The second-order valence-corrected chi connectivity index (χ2v) is 9.91. The summed E-state index contributed by atoms with van der Waals surface area (Å²) >= 11 is 3.47. The molecule has 5 aliphatic rings. The van der Waals surface area contributed by atoms with E-state index in [9.17, 15) is 4.79 Å². The Bertz CT molecular complexity index is 637. The minimum atomic E-state index is 0.122. The second kappa shape index (κ2) is 5.81. The highest BCUT2D eigenvalue weighted by Crippen LogP contribution is 2.54. The molecule has 1 aliphatic heterocycles. The molecule has 1 N–H and O–H groups in total. The number of rotatable bonds is 2. The van der Waals surface area contributed by atoms with Crippen LogP contribution in [0.4, 0.5) is 0 Å². The van der Waals surface area contributed by atoms with Gasteiger partial charge in [-0.1, -0.05) is 0 Å². The monoisotopic (exact) mass is 407 g/mol. The van der Waals surface area contributed by atoms with E-state index in [1.165, 1.54) is 38.5 Å². The van der Waals surface area contributed by atoms with Gasteiger partial charge in [0.05, 0.1) is 42.4 Å². The minimum Gasteiger partial charge on any atom is -0.327 e. The minimum absolute atomic E-state index is 0.122. The molecular formula is C19H28BrN4O+. The van der Waals surface area contributed by atoms with Gasteiger partial charge in [-0.15, -0.1) is 0 Å². The predicted octanol–water partition coefficient (Wildman–Crippen LogP) is 1.49. The second-order valence-electron chi connectivity index (χ2n) is 9.06. The molecule has 0 aromatic carbocycles. The number of aromatic nitrogens is 2.